The number of aromatic hydroxyl groups is 1. The quantitative estimate of drug-likeness (QED) is 0.708. The van der Waals surface area contributed by atoms with Crippen molar-refractivity contribution in [3.05, 3.63) is 29.8 Å². The Balaban J connectivity index is 1.65. The number of amides is 2. The SMILES string of the molecule is CC1(C)CN2C(=O)C(NC(=O)C(N)c3ccc(O)cc3)C2S1. The highest BCUT2D eigenvalue weighted by Crippen LogP contribution is 2.46. The Hall–Kier alpha value is -1.73. The molecule has 1 aromatic carbocycles. The summed E-state index contributed by atoms with van der Waals surface area (Å²) in [5, 5.41) is 12.0. The van der Waals surface area contributed by atoms with Gasteiger partial charge in [-0.1, -0.05) is 12.1 Å². The van der Waals surface area contributed by atoms with Crippen molar-refractivity contribution in [2.75, 3.05) is 6.54 Å². The minimum atomic E-state index is -0.859. The number of nitrogens with two attached hydrogens (primary N) is 1. The number of phenolic OH excluding ortho intramolecular Hbond substituents is 1. The molecule has 22 heavy (non-hydrogen) atoms. The number of rotatable bonds is 3. The number of nitrogens with zero attached hydrogens (tertiary/aromatic N) is 1. The lowest BCUT2D eigenvalue weighted by Gasteiger charge is -2.41. The molecule has 0 saturated carbocycles. The highest BCUT2D eigenvalue weighted by Gasteiger charge is 2.56. The summed E-state index contributed by atoms with van der Waals surface area (Å²) in [5.41, 5.74) is 6.52. The number of carbonyl (C=O) groups is 2. The molecule has 7 heteroatoms. The fourth-order valence-corrected chi connectivity index (χ4v) is 4.30. The molecule has 0 spiro atoms. The van der Waals surface area contributed by atoms with Gasteiger partial charge < -0.3 is 21.1 Å². The Kier molecular flexibility index (Phi) is 3.57. The third-order valence-electron chi connectivity index (χ3n) is 3.96. The number of β-lactam (4-membered cyclic amide) rings is 1. The number of hydrogen-bond acceptors (Lipinski definition) is 5. The third-order valence-corrected chi connectivity index (χ3v) is 5.50. The van der Waals surface area contributed by atoms with Gasteiger partial charge in [-0.2, -0.15) is 0 Å². The molecular weight excluding hydrogens is 302 g/mol. The minimum absolute atomic E-state index is 0.00142. The molecule has 3 rings (SSSR count). The smallest absolute Gasteiger partial charge is 0.249 e. The molecule has 3 unspecified atom stereocenters. The Labute approximate surface area is 133 Å². The average Bonchev–Trinajstić information content (AvgIpc) is 2.77. The first kappa shape index (κ1) is 15.2. The summed E-state index contributed by atoms with van der Waals surface area (Å²) in [7, 11) is 0. The summed E-state index contributed by atoms with van der Waals surface area (Å²) in [6.07, 6.45) is 0. The van der Waals surface area contributed by atoms with Crippen LogP contribution >= 0.6 is 11.8 Å². The predicted octanol–water partition coefficient (Wildman–Crippen LogP) is 0.571. The van der Waals surface area contributed by atoms with Crippen molar-refractivity contribution in [2.45, 2.75) is 36.1 Å². The van der Waals surface area contributed by atoms with Gasteiger partial charge in [-0.3, -0.25) is 9.59 Å². The summed E-state index contributed by atoms with van der Waals surface area (Å²) in [6.45, 7) is 4.88. The highest BCUT2D eigenvalue weighted by molar-refractivity contribution is 8.01. The van der Waals surface area contributed by atoms with Gasteiger partial charge in [0.2, 0.25) is 11.8 Å². The largest absolute Gasteiger partial charge is 0.508 e. The predicted molar refractivity (Wildman–Crippen MR) is 84.1 cm³/mol. The zero-order valence-electron chi connectivity index (χ0n) is 12.4. The van der Waals surface area contributed by atoms with E-state index in [-0.39, 0.29) is 27.7 Å². The van der Waals surface area contributed by atoms with Crippen LogP contribution in [0.15, 0.2) is 24.3 Å². The van der Waals surface area contributed by atoms with Crippen LogP contribution in [0.5, 0.6) is 5.75 Å². The fourth-order valence-electron chi connectivity index (χ4n) is 2.81. The fraction of sp³-hybridized carbons (Fsp3) is 0.467. The molecular formula is C15H19N3O3S. The van der Waals surface area contributed by atoms with Crippen molar-refractivity contribution < 1.29 is 14.7 Å². The number of nitrogens with one attached hydrogen (secondary N) is 1. The molecule has 1 aromatic rings. The molecule has 2 aliphatic heterocycles. The minimum Gasteiger partial charge on any atom is -0.508 e. The molecule has 118 valence electrons. The third kappa shape index (κ3) is 2.55. The Morgan fingerprint density at radius 1 is 1.45 bits per heavy atom. The van der Waals surface area contributed by atoms with Gasteiger partial charge in [0.05, 0.1) is 0 Å². The maximum Gasteiger partial charge on any atom is 0.249 e. The summed E-state index contributed by atoms with van der Waals surface area (Å²) < 4.78 is 0.0128. The van der Waals surface area contributed by atoms with E-state index in [4.69, 9.17) is 5.73 Å². The van der Waals surface area contributed by atoms with Gasteiger partial charge in [0.15, 0.2) is 0 Å². The molecule has 4 N–H and O–H groups in total. The number of carbonyl (C=O) groups excluding carboxylic acids is 2. The zero-order chi connectivity index (χ0) is 16.1. The second kappa shape index (κ2) is 5.17. The first-order chi connectivity index (χ1) is 10.3. The highest BCUT2D eigenvalue weighted by atomic mass is 32.2. The Morgan fingerprint density at radius 2 is 2.09 bits per heavy atom. The van der Waals surface area contributed by atoms with E-state index in [9.17, 15) is 14.7 Å². The zero-order valence-corrected chi connectivity index (χ0v) is 13.3. The van der Waals surface area contributed by atoms with E-state index in [0.29, 0.717) is 12.1 Å². The lowest BCUT2D eigenvalue weighted by Crippen LogP contribution is -2.67. The van der Waals surface area contributed by atoms with Crippen LogP contribution in [-0.2, 0) is 9.59 Å². The standard InChI is InChI=1S/C15H19N3O3S/c1-15(2)7-18-13(21)11(14(18)22-15)17-12(20)10(16)8-3-5-9(19)6-4-8/h3-6,10-11,14,19H,7,16H2,1-2H3,(H,17,20). The van der Waals surface area contributed by atoms with E-state index in [1.54, 1.807) is 28.8 Å². The molecule has 0 aliphatic carbocycles. The summed E-state index contributed by atoms with van der Waals surface area (Å²) in [4.78, 5) is 26.1. The summed E-state index contributed by atoms with van der Waals surface area (Å²) in [5.74, 6) is -0.311. The first-order valence-corrected chi connectivity index (χ1v) is 8.00. The van der Waals surface area contributed by atoms with E-state index in [1.165, 1.54) is 12.1 Å². The molecule has 3 atom stereocenters. The number of phenols is 1. The van der Waals surface area contributed by atoms with Crippen molar-refractivity contribution in [3.63, 3.8) is 0 Å². The van der Waals surface area contributed by atoms with Gasteiger partial charge in [-0.05, 0) is 31.5 Å². The van der Waals surface area contributed by atoms with Gasteiger partial charge in [-0.25, -0.2) is 0 Å². The molecule has 0 radical (unpaired) electrons. The molecule has 0 bridgehead atoms. The molecule has 0 aromatic heterocycles. The van der Waals surface area contributed by atoms with Crippen LogP contribution in [0.1, 0.15) is 25.5 Å². The molecule has 2 aliphatic rings. The van der Waals surface area contributed by atoms with Gasteiger partial charge in [-0.15, -0.1) is 11.8 Å². The number of hydrogen-bond donors (Lipinski definition) is 3. The maximum absolute atomic E-state index is 12.2. The van der Waals surface area contributed by atoms with Crippen LogP contribution in [0.3, 0.4) is 0 Å². The van der Waals surface area contributed by atoms with Gasteiger partial charge in [0.25, 0.3) is 0 Å². The van der Waals surface area contributed by atoms with Crippen molar-refractivity contribution >= 4 is 23.6 Å². The van der Waals surface area contributed by atoms with Crippen LogP contribution < -0.4 is 11.1 Å². The number of thioether (sulfide) groups is 1. The molecule has 2 heterocycles. The van der Waals surface area contributed by atoms with E-state index in [0.717, 1.165) is 0 Å². The number of fused-ring (bicyclic) bond motifs is 1. The maximum atomic E-state index is 12.2. The normalized spacial score (nSPS) is 27.0. The van der Waals surface area contributed by atoms with E-state index >= 15 is 0 Å². The van der Waals surface area contributed by atoms with Crippen LogP contribution in [0, 0.1) is 0 Å². The Bertz CT molecular complexity index is 617. The second-order valence-corrected chi connectivity index (χ2v) is 8.11. The molecule has 2 amide bonds. The molecule has 6 nitrogen and oxygen atoms in total. The lowest BCUT2D eigenvalue weighted by atomic mass is 10.0. The van der Waals surface area contributed by atoms with E-state index in [1.807, 2.05) is 0 Å². The van der Waals surface area contributed by atoms with Crippen LogP contribution in [0.4, 0.5) is 0 Å². The van der Waals surface area contributed by atoms with Crippen molar-refractivity contribution in [1.82, 2.24) is 10.2 Å². The van der Waals surface area contributed by atoms with Crippen LogP contribution in [-0.4, -0.2) is 44.5 Å². The summed E-state index contributed by atoms with van der Waals surface area (Å²) >= 11 is 1.70. The topological polar surface area (TPSA) is 95.7 Å². The van der Waals surface area contributed by atoms with Crippen molar-refractivity contribution in [2.24, 2.45) is 5.73 Å². The second-order valence-electron chi connectivity index (χ2n) is 6.29. The van der Waals surface area contributed by atoms with Crippen LogP contribution in [0.25, 0.3) is 0 Å². The van der Waals surface area contributed by atoms with Crippen molar-refractivity contribution in [1.29, 1.82) is 0 Å². The van der Waals surface area contributed by atoms with Crippen LogP contribution in [0.2, 0.25) is 0 Å². The molecule has 2 saturated heterocycles. The average molecular weight is 321 g/mol. The van der Waals surface area contributed by atoms with E-state index in [2.05, 4.69) is 19.2 Å². The number of benzene rings is 1. The van der Waals surface area contributed by atoms with E-state index < -0.39 is 12.1 Å². The summed E-state index contributed by atoms with van der Waals surface area (Å²) in [6, 6.07) is 4.80. The monoisotopic (exact) mass is 321 g/mol. The Morgan fingerprint density at radius 3 is 2.73 bits per heavy atom. The lowest BCUT2D eigenvalue weighted by molar-refractivity contribution is -0.148. The van der Waals surface area contributed by atoms with Gasteiger partial charge in [0.1, 0.15) is 23.2 Å². The van der Waals surface area contributed by atoms with Gasteiger partial charge >= 0.3 is 0 Å². The molecule has 2 fully saturated rings. The van der Waals surface area contributed by atoms with Gasteiger partial charge in [0, 0.05) is 11.3 Å². The van der Waals surface area contributed by atoms with Crippen molar-refractivity contribution in [3.8, 4) is 5.75 Å². The first-order valence-electron chi connectivity index (χ1n) is 7.12.